The number of hydrogen-bond acceptors (Lipinski definition) is 5. The maximum Gasteiger partial charge on any atom is 0.337 e. The molecule has 0 saturated carbocycles. The summed E-state index contributed by atoms with van der Waals surface area (Å²) in [5, 5.41) is 5.06. The van der Waals surface area contributed by atoms with E-state index < -0.39 is 0 Å². The van der Waals surface area contributed by atoms with Crippen molar-refractivity contribution in [3.05, 3.63) is 46.5 Å². The van der Waals surface area contributed by atoms with Crippen LogP contribution >= 0.6 is 11.3 Å². The van der Waals surface area contributed by atoms with Gasteiger partial charge in [0.05, 0.1) is 18.4 Å². The summed E-state index contributed by atoms with van der Waals surface area (Å²) in [5.41, 5.74) is 2.22. The van der Waals surface area contributed by atoms with Crippen LogP contribution in [0.4, 0.5) is 5.13 Å². The Balaban J connectivity index is 2.05. The number of amides is 1. The molecule has 5 nitrogen and oxygen atoms in total. The van der Waals surface area contributed by atoms with E-state index in [4.69, 9.17) is 0 Å². The highest BCUT2D eigenvalue weighted by Crippen LogP contribution is 2.17. The Morgan fingerprint density at radius 1 is 1.24 bits per heavy atom. The molecule has 2 aromatic rings. The van der Waals surface area contributed by atoms with Crippen molar-refractivity contribution >= 4 is 40.5 Å². The quantitative estimate of drug-likeness (QED) is 0.881. The van der Waals surface area contributed by atoms with Gasteiger partial charge in [0, 0.05) is 12.3 Å². The molecule has 0 aliphatic rings. The molecule has 2 rings (SSSR count). The van der Waals surface area contributed by atoms with Gasteiger partial charge in [-0.15, -0.1) is 11.3 Å². The molecule has 1 aromatic carbocycles. The van der Waals surface area contributed by atoms with E-state index in [1.807, 2.05) is 29.7 Å². The number of thiazole rings is 1. The highest BCUT2D eigenvalue weighted by Gasteiger charge is 2.03. The maximum atomic E-state index is 11.3. The molecule has 1 N–H and O–H groups in total. The number of nitrogens with zero attached hydrogens (tertiary/aromatic N) is 1. The van der Waals surface area contributed by atoms with Crippen LogP contribution in [-0.4, -0.2) is 24.0 Å². The number of carbonyl (C=O) groups is 2. The van der Waals surface area contributed by atoms with Crippen LogP contribution in [0.25, 0.3) is 12.2 Å². The average Bonchev–Trinajstić information content (AvgIpc) is 2.91. The molecule has 6 heteroatoms. The van der Waals surface area contributed by atoms with Gasteiger partial charge in [0.15, 0.2) is 5.13 Å². The Labute approximate surface area is 126 Å². The normalized spacial score (nSPS) is 10.6. The lowest BCUT2D eigenvalue weighted by Gasteiger charge is -1.99. The van der Waals surface area contributed by atoms with E-state index in [1.54, 1.807) is 12.1 Å². The molecule has 0 spiro atoms. The minimum Gasteiger partial charge on any atom is -0.465 e. The van der Waals surface area contributed by atoms with Crippen LogP contribution in [0.1, 0.15) is 28.5 Å². The Morgan fingerprint density at radius 2 is 1.95 bits per heavy atom. The molecule has 1 aromatic heterocycles. The third kappa shape index (κ3) is 4.25. The third-order valence-electron chi connectivity index (χ3n) is 2.58. The first-order chi connectivity index (χ1) is 10.1. The topological polar surface area (TPSA) is 68.3 Å². The number of aromatic nitrogens is 1. The average molecular weight is 302 g/mol. The molecule has 0 bridgehead atoms. The zero-order valence-electron chi connectivity index (χ0n) is 11.6. The van der Waals surface area contributed by atoms with Gasteiger partial charge in [-0.2, -0.15) is 0 Å². The van der Waals surface area contributed by atoms with Crippen molar-refractivity contribution in [2.45, 2.75) is 6.92 Å². The van der Waals surface area contributed by atoms with Crippen LogP contribution in [0, 0.1) is 0 Å². The van der Waals surface area contributed by atoms with Gasteiger partial charge in [0.25, 0.3) is 0 Å². The number of hydrogen-bond donors (Lipinski definition) is 1. The van der Waals surface area contributed by atoms with E-state index in [2.05, 4.69) is 15.0 Å². The molecule has 108 valence electrons. The number of esters is 1. The molecule has 21 heavy (non-hydrogen) atoms. The molecule has 0 fully saturated rings. The lowest BCUT2D eigenvalue weighted by Crippen LogP contribution is -2.04. The molecule has 0 radical (unpaired) electrons. The molecule has 0 aliphatic heterocycles. The summed E-state index contributed by atoms with van der Waals surface area (Å²) in [6.45, 7) is 1.44. The van der Waals surface area contributed by atoms with E-state index >= 15 is 0 Å². The first-order valence-electron chi connectivity index (χ1n) is 6.18. The summed E-state index contributed by atoms with van der Waals surface area (Å²) >= 11 is 1.37. The van der Waals surface area contributed by atoms with Gasteiger partial charge >= 0.3 is 5.97 Å². The van der Waals surface area contributed by atoms with Gasteiger partial charge in [0.2, 0.25) is 5.91 Å². The number of benzene rings is 1. The molecule has 0 saturated heterocycles. The summed E-state index contributed by atoms with van der Waals surface area (Å²) in [6, 6.07) is 7.05. The number of ether oxygens (including phenoxy) is 1. The van der Waals surface area contributed by atoms with Crippen molar-refractivity contribution in [3.8, 4) is 0 Å². The minimum atomic E-state index is -0.357. The predicted octanol–water partition coefficient (Wildman–Crippen LogP) is 3.06. The zero-order valence-corrected chi connectivity index (χ0v) is 12.4. The Hall–Kier alpha value is -2.47. The van der Waals surface area contributed by atoms with Crippen molar-refractivity contribution in [1.82, 2.24) is 4.98 Å². The number of nitrogens with one attached hydrogen (secondary N) is 1. The third-order valence-corrected chi connectivity index (χ3v) is 3.36. The number of rotatable bonds is 4. The highest BCUT2D eigenvalue weighted by molar-refractivity contribution is 7.14. The Kier molecular flexibility index (Phi) is 4.84. The monoisotopic (exact) mass is 302 g/mol. The summed E-state index contributed by atoms with van der Waals surface area (Å²) in [6.07, 6.45) is 3.72. The van der Waals surface area contributed by atoms with Gasteiger partial charge in [-0.25, -0.2) is 9.78 Å². The van der Waals surface area contributed by atoms with E-state index in [-0.39, 0.29) is 11.9 Å². The van der Waals surface area contributed by atoms with Crippen molar-refractivity contribution in [2.75, 3.05) is 12.4 Å². The van der Waals surface area contributed by atoms with E-state index in [0.29, 0.717) is 10.7 Å². The van der Waals surface area contributed by atoms with Crippen molar-refractivity contribution < 1.29 is 14.3 Å². The largest absolute Gasteiger partial charge is 0.465 e. The molecule has 0 aliphatic carbocycles. The second-order valence-electron chi connectivity index (χ2n) is 4.21. The SMILES string of the molecule is COC(=O)c1ccc(C=Cc2csc(NC(C)=O)n2)cc1. The fourth-order valence-corrected chi connectivity index (χ4v) is 2.32. The van der Waals surface area contributed by atoms with Gasteiger partial charge < -0.3 is 10.1 Å². The molecule has 0 unspecified atom stereocenters. The zero-order chi connectivity index (χ0) is 15.2. The van der Waals surface area contributed by atoms with Gasteiger partial charge in [-0.1, -0.05) is 18.2 Å². The summed E-state index contributed by atoms with van der Waals surface area (Å²) in [7, 11) is 1.35. The molecule has 1 heterocycles. The maximum absolute atomic E-state index is 11.3. The molecule has 1 amide bonds. The Bertz CT molecular complexity index is 674. The molecular weight excluding hydrogens is 288 g/mol. The minimum absolute atomic E-state index is 0.140. The first-order valence-corrected chi connectivity index (χ1v) is 7.06. The number of carbonyl (C=O) groups excluding carboxylic acids is 2. The van der Waals surface area contributed by atoms with E-state index in [0.717, 1.165) is 11.3 Å². The second kappa shape index (κ2) is 6.81. The van der Waals surface area contributed by atoms with Gasteiger partial charge in [-0.05, 0) is 23.8 Å². The Morgan fingerprint density at radius 3 is 2.57 bits per heavy atom. The van der Waals surface area contributed by atoms with Crippen LogP contribution in [-0.2, 0) is 9.53 Å². The fourth-order valence-electron chi connectivity index (χ4n) is 1.60. The van der Waals surface area contributed by atoms with Crippen LogP contribution < -0.4 is 5.32 Å². The summed E-state index contributed by atoms with van der Waals surface area (Å²) in [5.74, 6) is -0.497. The predicted molar refractivity (Wildman–Crippen MR) is 83.1 cm³/mol. The van der Waals surface area contributed by atoms with Crippen molar-refractivity contribution in [2.24, 2.45) is 0 Å². The lowest BCUT2D eigenvalue weighted by atomic mass is 10.1. The smallest absolute Gasteiger partial charge is 0.337 e. The van der Waals surface area contributed by atoms with E-state index in [9.17, 15) is 9.59 Å². The second-order valence-corrected chi connectivity index (χ2v) is 5.06. The van der Waals surface area contributed by atoms with Crippen LogP contribution in [0.5, 0.6) is 0 Å². The summed E-state index contributed by atoms with van der Waals surface area (Å²) < 4.78 is 4.64. The van der Waals surface area contributed by atoms with E-state index in [1.165, 1.54) is 25.4 Å². The highest BCUT2D eigenvalue weighted by atomic mass is 32.1. The molecular formula is C15H14N2O3S. The molecule has 0 atom stereocenters. The van der Waals surface area contributed by atoms with Crippen LogP contribution in [0.3, 0.4) is 0 Å². The summed E-state index contributed by atoms with van der Waals surface area (Å²) in [4.78, 5) is 26.5. The van der Waals surface area contributed by atoms with Gasteiger partial charge in [0.1, 0.15) is 0 Å². The number of anilines is 1. The fraction of sp³-hybridized carbons (Fsp3) is 0.133. The standard InChI is InChI=1S/C15H14N2O3S/c1-10(18)16-15-17-13(9-21-15)8-5-11-3-6-12(7-4-11)14(19)20-2/h3-9H,1-2H3,(H,16,17,18). The van der Waals surface area contributed by atoms with Crippen molar-refractivity contribution in [3.63, 3.8) is 0 Å². The van der Waals surface area contributed by atoms with Crippen LogP contribution in [0.2, 0.25) is 0 Å². The first kappa shape index (κ1) is 14.9. The van der Waals surface area contributed by atoms with Gasteiger partial charge in [-0.3, -0.25) is 4.79 Å². The lowest BCUT2D eigenvalue weighted by molar-refractivity contribution is -0.114. The van der Waals surface area contributed by atoms with Crippen LogP contribution in [0.15, 0.2) is 29.6 Å². The number of methoxy groups -OCH3 is 1. The van der Waals surface area contributed by atoms with Crippen molar-refractivity contribution in [1.29, 1.82) is 0 Å².